The molecule has 26 heavy (non-hydrogen) atoms. The first-order valence-corrected chi connectivity index (χ1v) is 9.18. The molecule has 0 spiro atoms. The topological polar surface area (TPSA) is 47.9 Å². The first-order valence-electron chi connectivity index (χ1n) is 8.30. The third-order valence-electron chi connectivity index (χ3n) is 4.29. The van der Waals surface area contributed by atoms with Crippen molar-refractivity contribution < 1.29 is 24.0 Å². The number of benzene rings is 2. The first-order chi connectivity index (χ1) is 12.7. The first kappa shape index (κ1) is 18.9. The van der Waals surface area contributed by atoms with Crippen molar-refractivity contribution in [3.05, 3.63) is 71.8 Å². The van der Waals surface area contributed by atoms with Gasteiger partial charge in [0.2, 0.25) is 6.36 Å². The van der Waals surface area contributed by atoms with Crippen LogP contribution in [0.4, 0.5) is 4.39 Å². The maximum absolute atomic E-state index is 14.7. The van der Waals surface area contributed by atoms with E-state index in [4.69, 9.17) is 14.4 Å². The molecular weight excluding hydrogens is 355 g/mol. The number of thioether (sulfide) groups is 1. The summed E-state index contributed by atoms with van der Waals surface area (Å²) >= 11 is 1.34. The number of halogens is 1. The molecule has 2 aromatic carbocycles. The monoisotopic (exact) mass is 376 g/mol. The van der Waals surface area contributed by atoms with Crippen molar-refractivity contribution in [1.82, 2.24) is 0 Å². The average molecular weight is 376 g/mol. The van der Waals surface area contributed by atoms with E-state index in [-0.39, 0.29) is 5.76 Å². The quantitative estimate of drug-likeness (QED) is 0.462. The summed E-state index contributed by atoms with van der Waals surface area (Å²) in [6, 6.07) is 18.7. The lowest BCUT2D eigenvalue weighted by Crippen LogP contribution is -2.47. The van der Waals surface area contributed by atoms with Gasteiger partial charge in [0.15, 0.2) is 5.76 Å². The summed E-state index contributed by atoms with van der Waals surface area (Å²) in [5, 5.41) is 8.90. The molecule has 138 valence electrons. The van der Waals surface area contributed by atoms with Gasteiger partial charge in [0, 0.05) is 23.1 Å². The minimum absolute atomic E-state index is 0.232. The number of hydrogen-bond acceptors (Lipinski definition) is 5. The van der Waals surface area contributed by atoms with Gasteiger partial charge in [-0.1, -0.05) is 48.5 Å². The van der Waals surface area contributed by atoms with E-state index in [0.717, 1.165) is 4.90 Å². The molecule has 3 rings (SSSR count). The van der Waals surface area contributed by atoms with Gasteiger partial charge in [0.1, 0.15) is 6.10 Å². The van der Waals surface area contributed by atoms with Gasteiger partial charge in [0.05, 0.1) is 11.4 Å². The Morgan fingerprint density at radius 2 is 1.69 bits per heavy atom. The molecule has 0 saturated carbocycles. The average Bonchev–Trinajstić information content (AvgIpc) is 2.67. The Balaban J connectivity index is 2.01. The number of rotatable bonds is 5. The van der Waals surface area contributed by atoms with Crippen molar-refractivity contribution >= 4 is 17.5 Å². The standard InChI is InChI=1S/C20H21FO4S/c1-13-16(17(25-22)14-9-5-3-6-10-14)18(23-2)19(20(21)24-13)26-15-11-7-4-8-12-15/h3-13,18-20,22H,1-2H3/b17-16+. The molecule has 1 N–H and O–H groups in total. The fourth-order valence-electron chi connectivity index (χ4n) is 3.10. The van der Waals surface area contributed by atoms with Gasteiger partial charge in [-0.3, -0.25) is 0 Å². The summed E-state index contributed by atoms with van der Waals surface area (Å²) in [5.41, 5.74) is 1.24. The van der Waals surface area contributed by atoms with Crippen molar-refractivity contribution in [3.63, 3.8) is 0 Å². The third kappa shape index (κ3) is 3.94. The smallest absolute Gasteiger partial charge is 0.214 e. The van der Waals surface area contributed by atoms with E-state index < -0.39 is 23.8 Å². The van der Waals surface area contributed by atoms with Crippen LogP contribution < -0.4 is 0 Å². The Hall–Kier alpha value is -1.86. The molecule has 4 atom stereocenters. The minimum Gasteiger partial charge on any atom is -0.375 e. The molecule has 1 aliphatic rings. The number of hydrogen-bond donors (Lipinski definition) is 1. The summed E-state index contributed by atoms with van der Waals surface area (Å²) in [7, 11) is 1.52. The van der Waals surface area contributed by atoms with Crippen LogP contribution in [0.2, 0.25) is 0 Å². The zero-order valence-corrected chi connectivity index (χ0v) is 15.4. The summed E-state index contributed by atoms with van der Waals surface area (Å²) in [6.07, 6.45) is -2.74. The van der Waals surface area contributed by atoms with Crippen LogP contribution in [-0.4, -0.2) is 36.2 Å². The van der Waals surface area contributed by atoms with Gasteiger partial charge in [0.25, 0.3) is 0 Å². The van der Waals surface area contributed by atoms with Crippen LogP contribution in [0.3, 0.4) is 0 Å². The van der Waals surface area contributed by atoms with Gasteiger partial charge in [-0.25, -0.2) is 9.65 Å². The van der Waals surface area contributed by atoms with Crippen LogP contribution in [0.1, 0.15) is 12.5 Å². The van der Waals surface area contributed by atoms with Gasteiger partial charge in [-0.05, 0) is 19.1 Å². The highest BCUT2D eigenvalue weighted by Gasteiger charge is 2.44. The molecule has 0 aliphatic carbocycles. The molecule has 4 unspecified atom stereocenters. The molecule has 4 nitrogen and oxygen atoms in total. The summed E-state index contributed by atoms with van der Waals surface area (Å²) in [5.74, 6) is 0.232. The molecular formula is C20H21FO4S. The maximum Gasteiger partial charge on any atom is 0.214 e. The fourth-order valence-corrected chi connectivity index (χ4v) is 4.28. The summed E-state index contributed by atoms with van der Waals surface area (Å²) < 4.78 is 25.9. The SMILES string of the molecule is COC1/C(=C(/OO)c2ccccc2)C(C)OC(F)C1Sc1ccccc1. The molecule has 1 saturated heterocycles. The lowest BCUT2D eigenvalue weighted by atomic mass is 9.94. The molecule has 1 fully saturated rings. The van der Waals surface area contributed by atoms with E-state index in [1.54, 1.807) is 19.1 Å². The molecule has 6 heteroatoms. The van der Waals surface area contributed by atoms with Crippen molar-refractivity contribution in [2.24, 2.45) is 0 Å². The molecule has 0 aromatic heterocycles. The highest BCUT2D eigenvalue weighted by Crippen LogP contribution is 2.41. The lowest BCUT2D eigenvalue weighted by Gasteiger charge is -2.39. The highest BCUT2D eigenvalue weighted by atomic mass is 32.2. The van der Waals surface area contributed by atoms with E-state index in [0.29, 0.717) is 11.1 Å². The Morgan fingerprint density at radius 1 is 1.08 bits per heavy atom. The number of methoxy groups -OCH3 is 1. The van der Waals surface area contributed by atoms with Crippen LogP contribution in [0.15, 0.2) is 71.1 Å². The van der Waals surface area contributed by atoms with Gasteiger partial charge >= 0.3 is 0 Å². The Morgan fingerprint density at radius 3 is 2.27 bits per heavy atom. The Labute approximate surface area is 156 Å². The Bertz CT molecular complexity index is 738. The lowest BCUT2D eigenvalue weighted by molar-refractivity contribution is -0.176. The highest BCUT2D eigenvalue weighted by molar-refractivity contribution is 8.00. The largest absolute Gasteiger partial charge is 0.375 e. The second-order valence-corrected chi connectivity index (χ2v) is 7.17. The van der Waals surface area contributed by atoms with Crippen LogP contribution in [0.5, 0.6) is 0 Å². The van der Waals surface area contributed by atoms with E-state index in [9.17, 15) is 9.65 Å². The predicted octanol–water partition coefficient (Wildman–Crippen LogP) is 4.78. The van der Waals surface area contributed by atoms with E-state index >= 15 is 0 Å². The number of ether oxygens (including phenoxy) is 2. The fraction of sp³-hybridized carbons (Fsp3) is 0.300. The second-order valence-electron chi connectivity index (χ2n) is 5.92. The number of alkyl halides is 1. The van der Waals surface area contributed by atoms with E-state index in [2.05, 4.69) is 0 Å². The zero-order chi connectivity index (χ0) is 18.5. The molecule has 1 aliphatic heterocycles. The van der Waals surface area contributed by atoms with Crippen LogP contribution in [0, 0.1) is 0 Å². The van der Waals surface area contributed by atoms with Crippen LogP contribution >= 0.6 is 11.8 Å². The van der Waals surface area contributed by atoms with Gasteiger partial charge in [-0.2, -0.15) is 0 Å². The van der Waals surface area contributed by atoms with Crippen molar-refractivity contribution in [2.45, 2.75) is 35.6 Å². The second kappa shape index (κ2) is 8.68. The van der Waals surface area contributed by atoms with Crippen LogP contribution in [0.25, 0.3) is 5.76 Å². The van der Waals surface area contributed by atoms with Crippen LogP contribution in [-0.2, 0) is 14.4 Å². The molecule has 0 radical (unpaired) electrons. The minimum atomic E-state index is -1.51. The van der Waals surface area contributed by atoms with Crippen molar-refractivity contribution in [3.8, 4) is 0 Å². The summed E-state index contributed by atoms with van der Waals surface area (Å²) in [6.45, 7) is 1.72. The van der Waals surface area contributed by atoms with E-state index in [1.165, 1.54) is 18.9 Å². The zero-order valence-electron chi connectivity index (χ0n) is 14.5. The molecule has 1 heterocycles. The van der Waals surface area contributed by atoms with Crippen molar-refractivity contribution in [2.75, 3.05) is 7.11 Å². The molecule has 0 amide bonds. The van der Waals surface area contributed by atoms with Gasteiger partial charge < -0.3 is 14.4 Å². The molecule has 2 aromatic rings. The normalized spacial score (nSPS) is 27.8. The van der Waals surface area contributed by atoms with Gasteiger partial charge in [-0.15, -0.1) is 11.8 Å². The molecule has 0 bridgehead atoms. The summed E-state index contributed by atoms with van der Waals surface area (Å²) in [4.78, 5) is 5.61. The predicted molar refractivity (Wildman–Crippen MR) is 99.4 cm³/mol. The third-order valence-corrected chi connectivity index (χ3v) is 5.57. The van der Waals surface area contributed by atoms with Crippen molar-refractivity contribution in [1.29, 1.82) is 0 Å². The Kier molecular flexibility index (Phi) is 6.32. The maximum atomic E-state index is 14.7. The van der Waals surface area contributed by atoms with E-state index in [1.807, 2.05) is 48.5 Å².